The van der Waals surface area contributed by atoms with Crippen LogP contribution in [0.5, 0.6) is 11.6 Å². The summed E-state index contributed by atoms with van der Waals surface area (Å²) in [6.07, 6.45) is 0. The van der Waals surface area contributed by atoms with E-state index >= 15 is 0 Å². The van der Waals surface area contributed by atoms with Crippen molar-refractivity contribution >= 4 is 34.8 Å². The number of aromatic nitrogens is 5. The van der Waals surface area contributed by atoms with E-state index in [2.05, 4.69) is 20.3 Å². The zero-order valence-electron chi connectivity index (χ0n) is 16.5. The SMILES string of the molecule is CC(C)c1cc(Oc2c(Cl)cc(-c3nn(C(C)C)c(=O)[nH]c3=O)cc2Cl)nnc1Cl. The number of hydrogen-bond acceptors (Lipinski definition) is 6. The molecule has 0 radical (unpaired) electrons. The molecule has 3 aromatic rings. The predicted octanol–water partition coefficient (Wildman–Crippen LogP) is 4.85. The fraction of sp³-hybridized carbons (Fsp3) is 0.316. The summed E-state index contributed by atoms with van der Waals surface area (Å²) >= 11 is 18.8. The molecule has 30 heavy (non-hydrogen) atoms. The van der Waals surface area contributed by atoms with Crippen LogP contribution in [0.2, 0.25) is 15.2 Å². The number of hydrogen-bond donors (Lipinski definition) is 1. The maximum absolute atomic E-state index is 12.3. The second kappa shape index (κ2) is 8.75. The average Bonchev–Trinajstić information content (AvgIpc) is 2.65. The molecule has 2 aromatic heterocycles. The van der Waals surface area contributed by atoms with Gasteiger partial charge in [-0.15, -0.1) is 10.2 Å². The van der Waals surface area contributed by atoms with E-state index in [0.717, 1.165) is 5.56 Å². The van der Waals surface area contributed by atoms with Crippen molar-refractivity contribution in [1.29, 1.82) is 0 Å². The predicted molar refractivity (Wildman–Crippen MR) is 116 cm³/mol. The lowest BCUT2D eigenvalue weighted by Crippen LogP contribution is -2.34. The molecule has 0 spiro atoms. The molecule has 0 unspecified atom stereocenters. The number of H-pyrrole nitrogens is 1. The van der Waals surface area contributed by atoms with E-state index in [1.165, 1.54) is 16.8 Å². The molecule has 11 heteroatoms. The lowest BCUT2D eigenvalue weighted by molar-refractivity contribution is 0.454. The Balaban J connectivity index is 2.04. The highest BCUT2D eigenvalue weighted by Gasteiger charge is 2.18. The van der Waals surface area contributed by atoms with Gasteiger partial charge >= 0.3 is 5.69 Å². The van der Waals surface area contributed by atoms with Crippen LogP contribution in [0.25, 0.3) is 11.3 Å². The van der Waals surface area contributed by atoms with E-state index in [1.54, 1.807) is 19.9 Å². The summed E-state index contributed by atoms with van der Waals surface area (Å²) in [7, 11) is 0. The molecule has 0 aliphatic heterocycles. The lowest BCUT2D eigenvalue weighted by atomic mass is 10.1. The van der Waals surface area contributed by atoms with Gasteiger partial charge in [0.1, 0.15) is 0 Å². The van der Waals surface area contributed by atoms with E-state index in [4.69, 9.17) is 39.5 Å². The van der Waals surface area contributed by atoms with Gasteiger partial charge in [0, 0.05) is 11.6 Å². The van der Waals surface area contributed by atoms with Gasteiger partial charge in [-0.3, -0.25) is 9.78 Å². The number of aromatic amines is 1. The molecular formula is C19H18Cl3N5O3. The van der Waals surface area contributed by atoms with Gasteiger partial charge in [0.15, 0.2) is 16.6 Å². The average molecular weight is 471 g/mol. The van der Waals surface area contributed by atoms with Gasteiger partial charge in [-0.2, -0.15) is 5.10 Å². The molecule has 0 atom stereocenters. The molecule has 0 saturated carbocycles. The molecule has 158 valence electrons. The van der Waals surface area contributed by atoms with E-state index in [0.29, 0.717) is 5.56 Å². The van der Waals surface area contributed by atoms with Crippen LogP contribution in [0.4, 0.5) is 0 Å². The minimum atomic E-state index is -0.650. The van der Waals surface area contributed by atoms with Crippen LogP contribution in [0.15, 0.2) is 27.8 Å². The van der Waals surface area contributed by atoms with Crippen LogP contribution < -0.4 is 16.0 Å². The van der Waals surface area contributed by atoms with Crippen molar-refractivity contribution in [3.63, 3.8) is 0 Å². The van der Waals surface area contributed by atoms with E-state index in [9.17, 15) is 9.59 Å². The standard InChI is InChI=1S/C19H18Cl3N5O3/c1-8(2)11-7-14(24-25-17(11)22)30-16-12(20)5-10(6-13(16)21)15-18(28)23-19(29)27(26-15)9(3)4/h5-9H,1-4H3,(H,23,28,29). The van der Waals surface area contributed by atoms with Gasteiger partial charge in [-0.1, -0.05) is 48.7 Å². The van der Waals surface area contributed by atoms with Gasteiger partial charge in [-0.25, -0.2) is 9.48 Å². The van der Waals surface area contributed by atoms with Crippen LogP contribution in [-0.2, 0) is 0 Å². The lowest BCUT2D eigenvalue weighted by Gasteiger charge is -2.13. The quantitative estimate of drug-likeness (QED) is 0.572. The van der Waals surface area contributed by atoms with Crippen molar-refractivity contribution in [3.05, 3.63) is 59.8 Å². The highest BCUT2D eigenvalue weighted by Crippen LogP contribution is 2.39. The Hall–Kier alpha value is -2.42. The van der Waals surface area contributed by atoms with Crippen molar-refractivity contribution in [2.45, 2.75) is 39.7 Å². The molecule has 0 amide bonds. The topological polar surface area (TPSA) is 103 Å². The second-order valence-electron chi connectivity index (χ2n) is 7.10. The molecule has 0 fully saturated rings. The van der Waals surface area contributed by atoms with Crippen LogP contribution in [0.1, 0.15) is 45.2 Å². The molecule has 0 aliphatic carbocycles. The highest BCUT2D eigenvalue weighted by molar-refractivity contribution is 6.37. The third-order valence-electron chi connectivity index (χ3n) is 4.19. The van der Waals surface area contributed by atoms with Gasteiger partial charge < -0.3 is 4.74 Å². The first-order valence-corrected chi connectivity index (χ1v) is 10.2. The van der Waals surface area contributed by atoms with Crippen LogP contribution >= 0.6 is 34.8 Å². The zero-order chi connectivity index (χ0) is 22.2. The maximum atomic E-state index is 12.3. The Morgan fingerprint density at radius 2 is 1.63 bits per heavy atom. The summed E-state index contributed by atoms with van der Waals surface area (Å²) < 4.78 is 6.90. The monoisotopic (exact) mass is 469 g/mol. The summed E-state index contributed by atoms with van der Waals surface area (Å²) in [5.41, 5.74) is -0.150. The molecule has 1 N–H and O–H groups in total. The van der Waals surface area contributed by atoms with E-state index in [-0.39, 0.29) is 44.5 Å². The van der Waals surface area contributed by atoms with Crippen molar-refractivity contribution in [1.82, 2.24) is 25.0 Å². The third-order valence-corrected chi connectivity index (χ3v) is 5.05. The van der Waals surface area contributed by atoms with E-state index in [1.807, 2.05) is 13.8 Å². The number of nitrogens with one attached hydrogen (secondary N) is 1. The molecular weight excluding hydrogens is 453 g/mol. The maximum Gasteiger partial charge on any atom is 0.345 e. The molecule has 2 heterocycles. The molecule has 0 saturated heterocycles. The molecule has 1 aromatic carbocycles. The summed E-state index contributed by atoms with van der Waals surface area (Å²) in [6, 6.07) is 4.36. The van der Waals surface area contributed by atoms with Crippen molar-refractivity contribution in [3.8, 4) is 22.9 Å². The normalized spacial score (nSPS) is 11.4. The van der Waals surface area contributed by atoms with Crippen molar-refractivity contribution in [2.24, 2.45) is 0 Å². The molecule has 0 bridgehead atoms. The van der Waals surface area contributed by atoms with Crippen molar-refractivity contribution < 1.29 is 4.74 Å². The first-order chi connectivity index (χ1) is 14.1. The summed E-state index contributed by atoms with van der Waals surface area (Å²) in [4.78, 5) is 26.4. The molecule has 3 rings (SSSR count). The largest absolute Gasteiger partial charge is 0.434 e. The van der Waals surface area contributed by atoms with Crippen molar-refractivity contribution in [2.75, 3.05) is 0 Å². The smallest absolute Gasteiger partial charge is 0.345 e. The first-order valence-electron chi connectivity index (χ1n) is 9.02. The summed E-state index contributed by atoms with van der Waals surface area (Å²) in [6.45, 7) is 7.46. The number of halogens is 3. The van der Waals surface area contributed by atoms with Crippen LogP contribution in [-0.4, -0.2) is 25.0 Å². The fourth-order valence-corrected chi connectivity index (χ4v) is 3.55. The zero-order valence-corrected chi connectivity index (χ0v) is 18.8. The Labute approximate surface area is 186 Å². The summed E-state index contributed by atoms with van der Waals surface area (Å²) in [5.74, 6) is 0.420. The minimum absolute atomic E-state index is 0.00651. The first kappa shape index (κ1) is 22.3. The number of benzene rings is 1. The second-order valence-corrected chi connectivity index (χ2v) is 8.27. The van der Waals surface area contributed by atoms with Crippen LogP contribution in [0.3, 0.4) is 0 Å². The van der Waals surface area contributed by atoms with Gasteiger partial charge in [0.25, 0.3) is 5.56 Å². The molecule has 0 aliphatic rings. The summed E-state index contributed by atoms with van der Waals surface area (Å²) in [5, 5.41) is 12.5. The Morgan fingerprint density at radius 1 is 1.00 bits per heavy atom. The fourth-order valence-electron chi connectivity index (χ4n) is 2.68. The van der Waals surface area contributed by atoms with Gasteiger partial charge in [0.05, 0.1) is 16.1 Å². The Bertz CT molecular complexity index is 1200. The Morgan fingerprint density at radius 3 is 2.20 bits per heavy atom. The van der Waals surface area contributed by atoms with Crippen LogP contribution in [0, 0.1) is 0 Å². The highest BCUT2D eigenvalue weighted by atomic mass is 35.5. The number of nitrogens with zero attached hydrogens (tertiary/aromatic N) is 4. The van der Waals surface area contributed by atoms with Gasteiger partial charge in [0.2, 0.25) is 5.88 Å². The van der Waals surface area contributed by atoms with E-state index < -0.39 is 11.2 Å². The molecule has 8 nitrogen and oxygen atoms in total. The van der Waals surface area contributed by atoms with Gasteiger partial charge in [-0.05, 0) is 37.5 Å². The third kappa shape index (κ3) is 4.50. The number of rotatable bonds is 5. The Kier molecular flexibility index (Phi) is 6.50. The minimum Gasteiger partial charge on any atom is -0.434 e. The number of ether oxygens (including phenoxy) is 1.